The molecular formula is C34H25BrFN3O4S2. The van der Waals surface area contributed by atoms with Gasteiger partial charge in [-0.05, 0) is 66.1 Å². The summed E-state index contributed by atoms with van der Waals surface area (Å²) in [4.78, 5) is 28.3. The molecule has 4 aromatic carbocycles. The van der Waals surface area contributed by atoms with Crippen LogP contribution in [0.2, 0.25) is 0 Å². The second-order valence-electron chi connectivity index (χ2n) is 10.3. The maximum absolute atomic E-state index is 14.1. The molecule has 0 spiro atoms. The lowest BCUT2D eigenvalue weighted by atomic mass is 9.95. The van der Waals surface area contributed by atoms with E-state index in [1.807, 2.05) is 31.2 Å². The number of aliphatic hydroxyl groups excluding tert-OH is 1. The van der Waals surface area contributed by atoms with E-state index in [0.717, 1.165) is 26.9 Å². The average molecular weight is 703 g/mol. The fourth-order valence-corrected chi connectivity index (χ4v) is 7.05. The Kier molecular flexibility index (Phi) is 9.11. The van der Waals surface area contributed by atoms with Crippen LogP contribution in [0.5, 0.6) is 5.75 Å². The van der Waals surface area contributed by atoms with E-state index in [0.29, 0.717) is 39.1 Å². The number of aromatic nitrogens is 2. The molecule has 6 rings (SSSR count). The molecule has 5 aromatic rings. The molecule has 1 amide bonds. The van der Waals surface area contributed by atoms with Gasteiger partial charge in [0, 0.05) is 15.8 Å². The van der Waals surface area contributed by atoms with Gasteiger partial charge in [-0.15, -0.1) is 10.2 Å². The number of aryl methyl sites for hydroxylation is 1. The highest BCUT2D eigenvalue weighted by Crippen LogP contribution is 2.44. The molecule has 2 heterocycles. The lowest BCUT2D eigenvalue weighted by Gasteiger charge is -2.22. The molecule has 0 saturated carbocycles. The van der Waals surface area contributed by atoms with Gasteiger partial charge in [0.1, 0.15) is 23.9 Å². The molecule has 1 aromatic heterocycles. The molecule has 11 heteroatoms. The van der Waals surface area contributed by atoms with Crippen molar-refractivity contribution in [3.8, 4) is 5.75 Å². The van der Waals surface area contributed by atoms with Gasteiger partial charge >= 0.3 is 5.91 Å². The molecule has 7 nitrogen and oxygen atoms in total. The van der Waals surface area contributed by atoms with Gasteiger partial charge in [0.05, 0.1) is 11.6 Å². The molecule has 0 bridgehead atoms. The smallest absolute Gasteiger partial charge is 0.301 e. The van der Waals surface area contributed by atoms with E-state index in [9.17, 15) is 19.1 Å². The second kappa shape index (κ2) is 13.4. The van der Waals surface area contributed by atoms with Crippen molar-refractivity contribution in [1.82, 2.24) is 10.2 Å². The topological polar surface area (TPSA) is 92.6 Å². The summed E-state index contributed by atoms with van der Waals surface area (Å²) in [5.41, 5.74) is 3.58. The molecular weight excluding hydrogens is 677 g/mol. The number of benzene rings is 4. The first-order valence-corrected chi connectivity index (χ1v) is 16.4. The Balaban J connectivity index is 1.30. The molecule has 1 saturated heterocycles. The van der Waals surface area contributed by atoms with Gasteiger partial charge in [-0.2, -0.15) is 0 Å². The predicted octanol–water partition coefficient (Wildman–Crippen LogP) is 8.25. The monoisotopic (exact) mass is 701 g/mol. The lowest BCUT2D eigenvalue weighted by molar-refractivity contribution is -0.132. The molecule has 0 aliphatic carbocycles. The Morgan fingerprint density at radius 1 is 1.00 bits per heavy atom. The van der Waals surface area contributed by atoms with Gasteiger partial charge in [0.25, 0.3) is 5.78 Å². The maximum Gasteiger partial charge on any atom is 0.301 e. The van der Waals surface area contributed by atoms with Crippen molar-refractivity contribution in [2.45, 2.75) is 29.7 Å². The third kappa shape index (κ3) is 6.70. The van der Waals surface area contributed by atoms with E-state index in [1.165, 1.54) is 22.7 Å². The summed E-state index contributed by atoms with van der Waals surface area (Å²) in [6.07, 6.45) is 0. The van der Waals surface area contributed by atoms with Gasteiger partial charge in [0.15, 0.2) is 4.34 Å². The van der Waals surface area contributed by atoms with Crippen molar-refractivity contribution >= 4 is 61.6 Å². The number of nitrogens with zero attached hydrogens (tertiary/aromatic N) is 3. The van der Waals surface area contributed by atoms with Crippen LogP contribution in [0.15, 0.2) is 111 Å². The molecule has 1 atom stereocenters. The van der Waals surface area contributed by atoms with Crippen molar-refractivity contribution in [2.24, 2.45) is 0 Å². The number of hydrogen-bond donors (Lipinski definition) is 1. The Bertz CT molecular complexity index is 1910. The SMILES string of the molecule is Cc1cccc(COc2ccc(C(O)=C3C(=O)C(=O)N(c4nnc(SCc5ccccc5F)s4)C3c3ccc(Br)cc3)cc2)c1. The number of anilines is 1. The summed E-state index contributed by atoms with van der Waals surface area (Å²) in [5, 5.41) is 20.1. The van der Waals surface area contributed by atoms with Crippen LogP contribution in [0, 0.1) is 12.7 Å². The van der Waals surface area contributed by atoms with E-state index in [2.05, 4.69) is 26.1 Å². The van der Waals surface area contributed by atoms with Crippen LogP contribution in [0.4, 0.5) is 9.52 Å². The minimum absolute atomic E-state index is 0.0634. The molecule has 1 aliphatic heterocycles. The van der Waals surface area contributed by atoms with Gasteiger partial charge in [-0.3, -0.25) is 14.5 Å². The fraction of sp³-hybridized carbons (Fsp3) is 0.118. The Labute approximate surface area is 275 Å². The van der Waals surface area contributed by atoms with E-state index in [-0.39, 0.29) is 22.3 Å². The quantitative estimate of drug-likeness (QED) is 0.0544. The van der Waals surface area contributed by atoms with Crippen molar-refractivity contribution in [3.63, 3.8) is 0 Å². The molecule has 1 aliphatic rings. The number of thioether (sulfide) groups is 1. The summed E-state index contributed by atoms with van der Waals surface area (Å²) >= 11 is 5.83. The number of carbonyl (C=O) groups is 2. The molecule has 226 valence electrons. The number of amides is 1. The van der Waals surface area contributed by atoms with Crippen LogP contribution in [0.3, 0.4) is 0 Å². The standard InChI is InChI=1S/C34H25BrFN3O4S2/c1-20-5-4-6-21(17-20)18-43-26-15-11-23(12-16-26)30(40)28-29(22-9-13-25(35)14-10-22)39(32(42)31(28)41)33-37-38-34(45-33)44-19-24-7-2-3-8-27(24)36/h2-17,29,40H,18-19H2,1H3. The summed E-state index contributed by atoms with van der Waals surface area (Å²) in [6.45, 7) is 2.40. The minimum atomic E-state index is -0.951. The van der Waals surface area contributed by atoms with Gasteiger partial charge < -0.3 is 9.84 Å². The first kappa shape index (κ1) is 30.7. The van der Waals surface area contributed by atoms with Crippen LogP contribution in [-0.2, 0) is 21.9 Å². The Hall–Kier alpha value is -4.32. The second-order valence-corrected chi connectivity index (χ2v) is 13.3. The van der Waals surface area contributed by atoms with Crippen molar-refractivity contribution in [3.05, 3.63) is 141 Å². The lowest BCUT2D eigenvalue weighted by Crippen LogP contribution is -2.29. The van der Waals surface area contributed by atoms with Crippen molar-refractivity contribution < 1.29 is 23.8 Å². The molecule has 45 heavy (non-hydrogen) atoms. The van der Waals surface area contributed by atoms with Gasteiger partial charge in [-0.25, -0.2) is 4.39 Å². The van der Waals surface area contributed by atoms with Crippen molar-refractivity contribution in [1.29, 1.82) is 0 Å². The number of aliphatic hydroxyl groups is 1. The molecule has 1 fully saturated rings. The highest BCUT2D eigenvalue weighted by molar-refractivity contribution is 9.10. The summed E-state index contributed by atoms with van der Waals surface area (Å²) in [6, 6.07) is 27.4. The number of ether oxygens (including phenoxy) is 1. The third-order valence-electron chi connectivity index (χ3n) is 7.16. The predicted molar refractivity (Wildman–Crippen MR) is 177 cm³/mol. The van der Waals surface area contributed by atoms with Crippen LogP contribution < -0.4 is 9.64 Å². The maximum atomic E-state index is 14.1. The number of halogens is 2. The van der Waals surface area contributed by atoms with Crippen molar-refractivity contribution in [2.75, 3.05) is 4.90 Å². The van der Waals surface area contributed by atoms with E-state index in [4.69, 9.17) is 4.74 Å². The van der Waals surface area contributed by atoms with Crippen LogP contribution in [0.1, 0.15) is 33.9 Å². The summed E-state index contributed by atoms with van der Waals surface area (Å²) in [5.74, 6) is -1.39. The zero-order valence-corrected chi connectivity index (χ0v) is 27.0. The van der Waals surface area contributed by atoms with Crippen LogP contribution >= 0.6 is 39.0 Å². The minimum Gasteiger partial charge on any atom is -0.507 e. The van der Waals surface area contributed by atoms with Gasteiger partial charge in [-0.1, -0.05) is 99.2 Å². The number of Topliss-reactive ketones (excluding diaryl/α,β-unsaturated/α-hetero) is 1. The number of rotatable bonds is 9. The third-order valence-corrected chi connectivity index (χ3v) is 9.79. The zero-order valence-electron chi connectivity index (χ0n) is 23.8. The molecule has 0 radical (unpaired) electrons. The highest BCUT2D eigenvalue weighted by Gasteiger charge is 2.48. The van der Waals surface area contributed by atoms with Crippen LogP contribution in [-0.4, -0.2) is 27.0 Å². The van der Waals surface area contributed by atoms with Crippen LogP contribution in [0.25, 0.3) is 5.76 Å². The van der Waals surface area contributed by atoms with E-state index in [1.54, 1.807) is 66.7 Å². The summed E-state index contributed by atoms with van der Waals surface area (Å²) < 4.78 is 21.4. The average Bonchev–Trinajstić information content (AvgIpc) is 3.61. The number of carbonyl (C=O) groups excluding carboxylic acids is 2. The molecule has 1 N–H and O–H groups in total. The fourth-order valence-electron chi connectivity index (χ4n) is 4.94. The first-order chi connectivity index (χ1) is 21.8. The largest absolute Gasteiger partial charge is 0.507 e. The Morgan fingerprint density at radius 2 is 1.76 bits per heavy atom. The van der Waals surface area contributed by atoms with E-state index >= 15 is 0 Å². The first-order valence-electron chi connectivity index (χ1n) is 13.8. The number of hydrogen-bond acceptors (Lipinski definition) is 8. The molecule has 1 unspecified atom stereocenters. The highest BCUT2D eigenvalue weighted by atomic mass is 79.9. The van der Waals surface area contributed by atoms with Gasteiger partial charge in [0.2, 0.25) is 5.13 Å². The Morgan fingerprint density at radius 3 is 2.49 bits per heavy atom. The summed E-state index contributed by atoms with van der Waals surface area (Å²) in [7, 11) is 0. The normalized spacial score (nSPS) is 15.9. The zero-order chi connectivity index (χ0) is 31.5. The number of ketones is 1. The van der Waals surface area contributed by atoms with E-state index < -0.39 is 17.7 Å².